The van der Waals surface area contributed by atoms with E-state index in [0.29, 0.717) is 27.9 Å². The standard InChI is InChI=1S/C21H18N3O2P.C12H10N3O3P/c1-15-16(2)20(14-13-19(15)21(25)23-24-22)27(26,17-9-5-3-6-10-17)18-11-7-4-8-12-18;13-14-15-19(16,17-11-7-3-1-4-8-11)18-12-9-5-2-6-10-12/h3-14H,1-2H3;1-10H. The van der Waals surface area contributed by atoms with Crippen LogP contribution in [0.5, 0.6) is 11.5 Å². The average molecular weight is 651 g/mol. The van der Waals surface area contributed by atoms with E-state index in [1.807, 2.05) is 67.6 Å². The highest BCUT2D eigenvalue weighted by Crippen LogP contribution is 2.50. The topological polar surface area (TPSA) is 167 Å². The molecule has 230 valence electrons. The summed E-state index contributed by atoms with van der Waals surface area (Å²) in [4.78, 5) is 20.2. The third-order valence-electron chi connectivity index (χ3n) is 6.78. The first-order chi connectivity index (χ1) is 22.2. The summed E-state index contributed by atoms with van der Waals surface area (Å²) in [7, 11) is -7.08. The minimum Gasteiger partial charge on any atom is -0.411 e. The number of amides is 1. The summed E-state index contributed by atoms with van der Waals surface area (Å²) >= 11 is 0. The molecule has 5 rings (SSSR count). The van der Waals surface area contributed by atoms with Crippen molar-refractivity contribution >= 4 is 36.7 Å². The van der Waals surface area contributed by atoms with Gasteiger partial charge < -0.3 is 13.6 Å². The Bertz CT molecular complexity index is 1910. The Kier molecular flexibility index (Phi) is 11.2. The van der Waals surface area contributed by atoms with E-state index in [1.165, 1.54) is 0 Å². The van der Waals surface area contributed by atoms with Gasteiger partial charge in [0.2, 0.25) is 5.91 Å². The van der Waals surface area contributed by atoms with Gasteiger partial charge in [0.15, 0.2) is 7.14 Å². The highest BCUT2D eigenvalue weighted by atomic mass is 31.2. The highest BCUT2D eigenvalue weighted by molar-refractivity contribution is 7.85. The Labute approximate surface area is 265 Å². The van der Waals surface area contributed by atoms with Crippen molar-refractivity contribution in [2.24, 2.45) is 10.00 Å². The van der Waals surface area contributed by atoms with Gasteiger partial charge in [-0.1, -0.05) is 103 Å². The molecule has 5 aromatic rings. The molecule has 0 radical (unpaired) electrons. The molecule has 0 unspecified atom stereocenters. The number of carbonyl (C=O) groups excluding carboxylic acids is 1. The van der Waals surface area contributed by atoms with Gasteiger partial charge in [-0.25, -0.2) is 4.57 Å². The predicted molar refractivity (Wildman–Crippen MR) is 180 cm³/mol. The zero-order valence-electron chi connectivity index (χ0n) is 24.8. The molecule has 0 heterocycles. The molecule has 46 heavy (non-hydrogen) atoms. The normalized spacial score (nSPS) is 10.7. The van der Waals surface area contributed by atoms with Crippen molar-refractivity contribution < 1.29 is 23.0 Å². The minimum atomic E-state index is -3.95. The van der Waals surface area contributed by atoms with Crippen LogP contribution in [-0.2, 0) is 9.13 Å². The first-order valence-electron chi connectivity index (χ1n) is 13.8. The van der Waals surface area contributed by atoms with Gasteiger partial charge in [0, 0.05) is 36.2 Å². The second-order valence-electron chi connectivity index (χ2n) is 9.61. The summed E-state index contributed by atoms with van der Waals surface area (Å²) in [5.74, 6) is -0.0396. The maximum absolute atomic E-state index is 14.4. The van der Waals surface area contributed by atoms with E-state index >= 15 is 0 Å². The fourth-order valence-corrected chi connectivity index (χ4v) is 8.46. The molecule has 0 saturated heterocycles. The molecule has 11 nitrogen and oxygen atoms in total. The first-order valence-corrected chi connectivity index (χ1v) is 17.0. The van der Waals surface area contributed by atoms with E-state index in [0.717, 1.165) is 16.2 Å². The molecule has 0 aliphatic rings. The smallest absolute Gasteiger partial charge is 0.411 e. The number of hydrogen-bond acceptors (Lipinski definition) is 5. The molecule has 0 aliphatic carbocycles. The lowest BCUT2D eigenvalue weighted by molar-refractivity contribution is 0.0999. The van der Waals surface area contributed by atoms with Gasteiger partial charge in [-0.2, -0.15) is 0 Å². The number of benzene rings is 5. The van der Waals surface area contributed by atoms with E-state index in [1.54, 1.807) is 79.7 Å². The molecular formula is C33H28N6O5P2. The Balaban J connectivity index is 0.000000222. The van der Waals surface area contributed by atoms with Crippen LogP contribution in [0.25, 0.3) is 20.9 Å². The quantitative estimate of drug-likeness (QED) is 0.0670. The van der Waals surface area contributed by atoms with Crippen molar-refractivity contribution in [1.82, 2.24) is 0 Å². The fraction of sp³-hybridized carbons (Fsp3) is 0.0606. The van der Waals surface area contributed by atoms with Crippen LogP contribution in [0.4, 0.5) is 0 Å². The molecule has 1 amide bonds. The zero-order valence-corrected chi connectivity index (χ0v) is 26.6. The number of para-hydroxylation sites is 2. The van der Waals surface area contributed by atoms with Crippen LogP contribution in [-0.4, -0.2) is 5.91 Å². The summed E-state index contributed by atoms with van der Waals surface area (Å²) in [5, 5.41) is 5.31. The van der Waals surface area contributed by atoms with E-state index in [4.69, 9.17) is 20.1 Å². The van der Waals surface area contributed by atoms with Crippen LogP contribution in [0.15, 0.2) is 143 Å². The lowest BCUT2D eigenvalue weighted by Gasteiger charge is -2.23. The third kappa shape index (κ3) is 7.93. The maximum atomic E-state index is 14.4. The van der Waals surface area contributed by atoms with E-state index < -0.39 is 20.8 Å². The molecule has 0 N–H and O–H groups in total. The molecule has 0 bridgehead atoms. The van der Waals surface area contributed by atoms with Crippen molar-refractivity contribution in [3.8, 4) is 11.5 Å². The Morgan fingerprint density at radius 2 is 1.04 bits per heavy atom. The largest absolute Gasteiger partial charge is 0.525 e. The van der Waals surface area contributed by atoms with E-state index in [9.17, 15) is 13.9 Å². The summed E-state index contributed by atoms with van der Waals surface area (Å²) in [6.45, 7) is 3.62. The summed E-state index contributed by atoms with van der Waals surface area (Å²) < 4.78 is 37.0. The lowest BCUT2D eigenvalue weighted by atomic mass is 10.0. The number of rotatable bonds is 9. The van der Waals surface area contributed by atoms with Gasteiger partial charge in [0.05, 0.1) is 0 Å². The Hall–Kier alpha value is -5.55. The second-order valence-corrected chi connectivity index (χ2v) is 13.8. The SMILES string of the molecule is Cc1c(C(=O)N=[N+]=[N-])ccc(P(=O)(c2ccccc2)c2ccccc2)c1C.[N-]=[N+]=NP(=O)(Oc1ccccc1)Oc1ccccc1. The third-order valence-corrected chi connectivity index (χ3v) is 11.2. The van der Waals surface area contributed by atoms with Crippen LogP contribution in [0.1, 0.15) is 21.5 Å². The van der Waals surface area contributed by atoms with Gasteiger partial charge in [-0.3, -0.25) is 4.79 Å². The monoisotopic (exact) mass is 650 g/mol. The molecular weight excluding hydrogens is 622 g/mol. The van der Waals surface area contributed by atoms with Gasteiger partial charge in [0.1, 0.15) is 11.5 Å². The van der Waals surface area contributed by atoms with Crippen molar-refractivity contribution in [3.63, 3.8) is 0 Å². The Morgan fingerprint density at radius 1 is 0.609 bits per heavy atom. The number of carbonyl (C=O) groups is 1. The summed E-state index contributed by atoms with van der Waals surface area (Å²) in [6, 6.07) is 38.8. The number of nitrogens with zero attached hydrogens (tertiary/aromatic N) is 6. The molecule has 13 heteroatoms. The van der Waals surface area contributed by atoms with Crippen LogP contribution in [0, 0.1) is 13.8 Å². The second kappa shape index (κ2) is 15.4. The molecule has 0 saturated carbocycles. The Morgan fingerprint density at radius 3 is 1.46 bits per heavy atom. The first kappa shape index (κ1) is 33.3. The van der Waals surface area contributed by atoms with Crippen LogP contribution < -0.4 is 25.0 Å². The molecule has 0 aliphatic heterocycles. The molecule has 5 aromatic carbocycles. The summed E-state index contributed by atoms with van der Waals surface area (Å²) in [6.07, 6.45) is 0. The van der Waals surface area contributed by atoms with Gasteiger partial charge in [0.25, 0.3) is 0 Å². The van der Waals surface area contributed by atoms with Gasteiger partial charge in [-0.15, -0.1) is 0 Å². The summed E-state index contributed by atoms with van der Waals surface area (Å²) in [5.41, 5.74) is 18.8. The molecule has 0 fully saturated rings. The predicted octanol–water partition coefficient (Wildman–Crippen LogP) is 8.96. The van der Waals surface area contributed by atoms with Crippen molar-refractivity contribution in [2.45, 2.75) is 13.8 Å². The van der Waals surface area contributed by atoms with Gasteiger partial charge in [-0.05, 0) is 71.5 Å². The number of azide groups is 2. The highest BCUT2D eigenvalue weighted by Gasteiger charge is 2.32. The zero-order chi connectivity index (χ0) is 33.0. The molecule has 0 aromatic heterocycles. The molecule has 0 atom stereocenters. The van der Waals surface area contributed by atoms with Gasteiger partial charge >= 0.3 is 7.75 Å². The fourth-order valence-electron chi connectivity index (χ4n) is 4.51. The van der Waals surface area contributed by atoms with Crippen LogP contribution in [0.3, 0.4) is 0 Å². The van der Waals surface area contributed by atoms with Crippen LogP contribution >= 0.6 is 14.9 Å². The van der Waals surface area contributed by atoms with E-state index in [-0.39, 0.29) is 0 Å². The minimum absolute atomic E-state index is 0.300. The van der Waals surface area contributed by atoms with Crippen molar-refractivity contribution in [3.05, 3.63) is 171 Å². The van der Waals surface area contributed by atoms with Crippen LogP contribution in [0.2, 0.25) is 0 Å². The van der Waals surface area contributed by atoms with Crippen molar-refractivity contribution in [2.75, 3.05) is 0 Å². The maximum Gasteiger partial charge on any atom is 0.525 e. The number of hydrogen-bond donors (Lipinski definition) is 0. The van der Waals surface area contributed by atoms with E-state index in [2.05, 4.69) is 19.8 Å². The lowest BCUT2D eigenvalue weighted by Crippen LogP contribution is -2.27. The molecule has 0 spiro atoms. The van der Waals surface area contributed by atoms with Crippen molar-refractivity contribution in [1.29, 1.82) is 0 Å². The average Bonchev–Trinajstić information content (AvgIpc) is 3.07.